The van der Waals surface area contributed by atoms with E-state index in [1.807, 2.05) is 6.92 Å². The molecule has 3 aromatic rings. The maximum atomic E-state index is 11.8. The number of hydrogen-bond acceptors (Lipinski definition) is 11. The second kappa shape index (κ2) is 11.5. The number of rotatable bonds is 8. The monoisotopic (exact) mass is 594 g/mol. The van der Waals surface area contributed by atoms with Gasteiger partial charge in [-0.25, -0.2) is 19.3 Å². The van der Waals surface area contributed by atoms with E-state index in [2.05, 4.69) is 44.8 Å². The molecule has 1 aliphatic carbocycles. The summed E-state index contributed by atoms with van der Waals surface area (Å²) in [5, 5.41) is 5.25. The number of fused-ring (bicyclic) bond motifs is 1. The Hall–Kier alpha value is -3.71. The fourth-order valence-electron chi connectivity index (χ4n) is 6.86. The molecule has 5 heterocycles. The Morgan fingerprint density at radius 3 is 2.69 bits per heavy atom. The first kappa shape index (κ1) is 28.4. The molecule has 42 heavy (non-hydrogen) atoms. The van der Waals surface area contributed by atoms with Crippen molar-refractivity contribution in [2.45, 2.75) is 83.5 Å². The lowest BCUT2D eigenvalue weighted by Crippen LogP contribution is -2.55. The van der Waals surface area contributed by atoms with Gasteiger partial charge in [0.15, 0.2) is 10.7 Å². The van der Waals surface area contributed by atoms with Gasteiger partial charge in [0.05, 0.1) is 16.4 Å². The van der Waals surface area contributed by atoms with Crippen molar-refractivity contribution in [3.63, 3.8) is 0 Å². The number of anilines is 2. The van der Waals surface area contributed by atoms with Crippen LogP contribution in [-0.4, -0.2) is 80.3 Å². The summed E-state index contributed by atoms with van der Waals surface area (Å²) in [5.74, 6) is -0.0449. The number of nitrogens with two attached hydrogens (primary N) is 2. The van der Waals surface area contributed by atoms with Crippen molar-refractivity contribution in [2.24, 2.45) is 5.73 Å². The molecule has 3 aromatic heterocycles. The van der Waals surface area contributed by atoms with E-state index in [0.717, 1.165) is 79.1 Å². The lowest BCUT2D eigenvalue weighted by atomic mass is 9.88. The Morgan fingerprint density at radius 2 is 2.00 bits per heavy atom. The molecule has 1 saturated heterocycles. The van der Waals surface area contributed by atoms with Crippen LogP contribution in [0.15, 0.2) is 18.5 Å². The van der Waals surface area contributed by atoms with Crippen molar-refractivity contribution >= 4 is 45.8 Å². The first-order chi connectivity index (χ1) is 20.2. The highest BCUT2D eigenvalue weighted by Crippen LogP contribution is 2.37. The number of thiazole rings is 1. The van der Waals surface area contributed by atoms with Gasteiger partial charge in [0.1, 0.15) is 24.6 Å². The number of amides is 1. The van der Waals surface area contributed by atoms with Crippen LogP contribution >= 0.6 is 11.3 Å². The Morgan fingerprint density at radius 1 is 1.21 bits per heavy atom. The third-order valence-electron chi connectivity index (χ3n) is 8.58. The molecule has 224 valence electrons. The number of aryl methyl sites for hydroxylation is 1. The zero-order valence-electron chi connectivity index (χ0n) is 24.3. The minimum atomic E-state index is -0.490. The topological polar surface area (TPSA) is 154 Å². The number of aromatic nitrogens is 4. The fraction of sp³-hybridized carbons (Fsp3) is 0.552. The maximum absolute atomic E-state index is 11.8. The highest BCUT2D eigenvalue weighted by atomic mass is 32.1. The normalized spacial score (nSPS) is 23.1. The van der Waals surface area contributed by atoms with Crippen molar-refractivity contribution in [1.29, 1.82) is 0 Å². The van der Waals surface area contributed by atoms with Gasteiger partial charge in [-0.2, -0.15) is 5.10 Å². The average Bonchev–Trinajstić information content (AvgIpc) is 3.67. The molecular weight excluding hydrogens is 556 g/mol. The van der Waals surface area contributed by atoms with E-state index in [4.69, 9.17) is 20.9 Å². The molecule has 0 radical (unpaired) electrons. The summed E-state index contributed by atoms with van der Waals surface area (Å²) in [4.78, 5) is 37.8. The third-order valence-corrected chi connectivity index (χ3v) is 9.55. The molecule has 4 N–H and O–H groups in total. The molecule has 1 amide bonds. The summed E-state index contributed by atoms with van der Waals surface area (Å²) in [6.45, 7) is 8.39. The summed E-state index contributed by atoms with van der Waals surface area (Å²) in [6, 6.07) is 3.24. The molecule has 13 heteroatoms. The van der Waals surface area contributed by atoms with Crippen molar-refractivity contribution < 1.29 is 19.1 Å². The lowest BCUT2D eigenvalue weighted by Gasteiger charge is -2.47. The second-order valence-corrected chi connectivity index (χ2v) is 12.9. The first-order valence-corrected chi connectivity index (χ1v) is 15.5. The molecular formula is C29H38N8O4S. The van der Waals surface area contributed by atoms with Gasteiger partial charge in [-0.1, -0.05) is 0 Å². The van der Waals surface area contributed by atoms with Crippen molar-refractivity contribution in [2.75, 3.05) is 30.3 Å². The molecule has 2 aliphatic heterocycles. The van der Waals surface area contributed by atoms with Crippen LogP contribution in [0, 0.1) is 6.92 Å². The number of nitrogens with zero attached hydrogens (tertiary/aromatic N) is 6. The van der Waals surface area contributed by atoms with Crippen LogP contribution < -0.4 is 21.1 Å². The van der Waals surface area contributed by atoms with Gasteiger partial charge < -0.3 is 25.8 Å². The Bertz CT molecular complexity index is 1520. The van der Waals surface area contributed by atoms with E-state index in [0.29, 0.717) is 34.7 Å². The Balaban J connectivity index is 1.18. The summed E-state index contributed by atoms with van der Waals surface area (Å²) in [6.07, 6.45) is 8.97. The molecule has 0 bridgehead atoms. The van der Waals surface area contributed by atoms with Gasteiger partial charge in [0.25, 0.3) is 5.91 Å². The average molecular weight is 595 g/mol. The van der Waals surface area contributed by atoms with Crippen LogP contribution in [0.2, 0.25) is 0 Å². The summed E-state index contributed by atoms with van der Waals surface area (Å²) in [5.41, 5.74) is 15.3. The van der Waals surface area contributed by atoms with Crippen LogP contribution in [0.25, 0.3) is 11.1 Å². The smallest absolute Gasteiger partial charge is 0.331 e. The number of esters is 1. The SMILES string of the molecule is Cc1nc(OC2CCC(N(C(C)C)[C@@H]3CCCN(c4cc(C5=CC(=O)OC5)n5ncnc(N)c45)C3)CC2)c(C(N)=O)s1. The maximum Gasteiger partial charge on any atom is 0.331 e. The highest BCUT2D eigenvalue weighted by molar-refractivity contribution is 7.13. The van der Waals surface area contributed by atoms with Gasteiger partial charge in [-0.15, -0.1) is 11.3 Å². The largest absolute Gasteiger partial charge is 0.473 e. The molecule has 12 nitrogen and oxygen atoms in total. The first-order valence-electron chi connectivity index (χ1n) is 14.7. The van der Waals surface area contributed by atoms with Crippen LogP contribution in [0.5, 0.6) is 5.88 Å². The molecule has 1 atom stereocenters. The van der Waals surface area contributed by atoms with E-state index in [1.165, 1.54) is 23.7 Å². The number of cyclic esters (lactones) is 1. The van der Waals surface area contributed by atoms with Gasteiger partial charge in [0, 0.05) is 42.9 Å². The van der Waals surface area contributed by atoms with Crippen LogP contribution in [0.4, 0.5) is 11.5 Å². The zero-order chi connectivity index (χ0) is 29.5. The number of hydrogen-bond donors (Lipinski definition) is 2. The predicted octanol–water partition coefficient (Wildman–Crippen LogP) is 3.18. The predicted molar refractivity (Wildman–Crippen MR) is 161 cm³/mol. The van der Waals surface area contributed by atoms with Crippen LogP contribution in [0.1, 0.15) is 72.7 Å². The van der Waals surface area contributed by atoms with Crippen molar-refractivity contribution in [3.8, 4) is 5.88 Å². The van der Waals surface area contributed by atoms with Gasteiger partial charge in [-0.3, -0.25) is 9.69 Å². The van der Waals surface area contributed by atoms with E-state index in [9.17, 15) is 9.59 Å². The highest BCUT2D eigenvalue weighted by Gasteiger charge is 2.36. The molecule has 0 unspecified atom stereocenters. The fourth-order valence-corrected chi connectivity index (χ4v) is 7.57. The Kier molecular flexibility index (Phi) is 7.79. The third kappa shape index (κ3) is 5.42. The summed E-state index contributed by atoms with van der Waals surface area (Å²) < 4.78 is 13.2. The Labute approximate surface area is 248 Å². The number of ether oxygens (including phenoxy) is 2. The second-order valence-electron chi connectivity index (χ2n) is 11.7. The molecule has 0 aromatic carbocycles. The number of carbonyl (C=O) groups is 2. The molecule has 2 fully saturated rings. The van der Waals surface area contributed by atoms with E-state index in [-0.39, 0.29) is 18.7 Å². The van der Waals surface area contributed by atoms with Crippen LogP contribution in [0.3, 0.4) is 0 Å². The van der Waals surface area contributed by atoms with Crippen LogP contribution in [-0.2, 0) is 9.53 Å². The van der Waals surface area contributed by atoms with E-state index in [1.54, 1.807) is 4.52 Å². The minimum absolute atomic E-state index is 0.0209. The van der Waals surface area contributed by atoms with Gasteiger partial charge in [0.2, 0.25) is 5.88 Å². The zero-order valence-corrected chi connectivity index (χ0v) is 25.1. The molecule has 3 aliphatic rings. The molecule has 1 saturated carbocycles. The van der Waals surface area contributed by atoms with Crippen molar-refractivity contribution in [1.82, 2.24) is 24.5 Å². The standard InChI is InChI=1S/C29H38N8O4S/c1-16(2)36(19-6-8-21(9-7-19)41-29-26(28(31)39)42-17(3)34-29)20-5-4-10-35(13-20)23-12-22(18-11-24(38)40-14-18)37-25(23)27(30)32-15-33-37/h11-12,15-16,19-21H,4-10,13-14H2,1-3H3,(H2,31,39)(H2,30,32,33)/t19?,20-,21?/m1/s1. The summed E-state index contributed by atoms with van der Waals surface area (Å²) >= 11 is 1.28. The van der Waals surface area contributed by atoms with E-state index < -0.39 is 5.91 Å². The summed E-state index contributed by atoms with van der Waals surface area (Å²) in [7, 11) is 0. The lowest BCUT2D eigenvalue weighted by molar-refractivity contribution is -0.134. The molecule has 6 rings (SSSR count). The number of nitrogen functional groups attached to an aromatic ring is 1. The van der Waals surface area contributed by atoms with Gasteiger partial charge >= 0.3 is 5.97 Å². The number of primary amides is 1. The molecule has 0 spiro atoms. The van der Waals surface area contributed by atoms with Gasteiger partial charge in [-0.05, 0) is 65.4 Å². The minimum Gasteiger partial charge on any atom is -0.473 e. The number of piperidine rings is 1. The quantitative estimate of drug-likeness (QED) is 0.372. The van der Waals surface area contributed by atoms with Crippen molar-refractivity contribution in [3.05, 3.63) is 34.0 Å². The van der Waals surface area contributed by atoms with E-state index >= 15 is 0 Å². The number of carbonyl (C=O) groups excluding carboxylic acids is 2.